The average Bonchev–Trinajstić information content (AvgIpc) is 2.78. The Balaban J connectivity index is 1.83. The first-order chi connectivity index (χ1) is 15.7. The van der Waals surface area contributed by atoms with E-state index < -0.39 is 22.1 Å². The van der Waals surface area contributed by atoms with E-state index in [-0.39, 0.29) is 24.3 Å². The summed E-state index contributed by atoms with van der Waals surface area (Å²) in [6, 6.07) is 17.0. The van der Waals surface area contributed by atoms with Crippen molar-refractivity contribution in [3.05, 3.63) is 76.3 Å². The van der Waals surface area contributed by atoms with Crippen molar-refractivity contribution in [3.63, 3.8) is 0 Å². The predicted octanol–water partition coefficient (Wildman–Crippen LogP) is 5.79. The standard InChI is InChI=1S/C24H21Cl2NO5S/c1-15-4-2-5-18(12-15)33(30,31)27-14-17(9-11-23(28)29)32-22-10-8-16(13-21(22)27)19-6-3-7-20(25)24(19)26/h2-8,10,12-13,17H,9,11,14H2,1H3,(H,28,29)/t17-/m0/s1. The molecule has 1 N–H and O–H groups in total. The molecule has 0 fully saturated rings. The van der Waals surface area contributed by atoms with Gasteiger partial charge in [0.25, 0.3) is 10.0 Å². The number of sulfonamides is 1. The minimum Gasteiger partial charge on any atom is -0.486 e. The fourth-order valence-electron chi connectivity index (χ4n) is 3.77. The number of hydrogen-bond acceptors (Lipinski definition) is 4. The molecule has 0 saturated carbocycles. The van der Waals surface area contributed by atoms with Crippen LogP contribution >= 0.6 is 23.2 Å². The van der Waals surface area contributed by atoms with Crippen molar-refractivity contribution < 1.29 is 23.1 Å². The first kappa shape index (κ1) is 23.4. The Kier molecular flexibility index (Phi) is 6.56. The second kappa shape index (κ2) is 9.25. The Labute approximate surface area is 202 Å². The third-order valence-corrected chi connectivity index (χ3v) is 8.01. The molecule has 172 valence electrons. The van der Waals surface area contributed by atoms with Crippen molar-refractivity contribution in [2.75, 3.05) is 10.8 Å². The minimum absolute atomic E-state index is 0.0106. The third kappa shape index (κ3) is 4.81. The molecule has 0 saturated heterocycles. The highest BCUT2D eigenvalue weighted by atomic mass is 35.5. The van der Waals surface area contributed by atoms with Crippen LogP contribution in [-0.4, -0.2) is 32.1 Å². The molecular weight excluding hydrogens is 485 g/mol. The monoisotopic (exact) mass is 505 g/mol. The lowest BCUT2D eigenvalue weighted by molar-refractivity contribution is -0.137. The summed E-state index contributed by atoms with van der Waals surface area (Å²) in [7, 11) is -3.94. The van der Waals surface area contributed by atoms with Crippen LogP contribution in [0.5, 0.6) is 5.75 Å². The van der Waals surface area contributed by atoms with Gasteiger partial charge in [-0.05, 0) is 54.8 Å². The Morgan fingerprint density at radius 3 is 2.61 bits per heavy atom. The molecule has 0 aliphatic carbocycles. The molecule has 3 aromatic rings. The van der Waals surface area contributed by atoms with Crippen LogP contribution < -0.4 is 9.04 Å². The first-order valence-corrected chi connectivity index (χ1v) is 12.4. The molecule has 0 bridgehead atoms. The van der Waals surface area contributed by atoms with Gasteiger partial charge in [-0.1, -0.05) is 53.5 Å². The lowest BCUT2D eigenvalue weighted by atomic mass is 10.0. The minimum atomic E-state index is -3.94. The van der Waals surface area contributed by atoms with E-state index in [9.17, 15) is 13.2 Å². The molecule has 0 aromatic heterocycles. The topological polar surface area (TPSA) is 83.9 Å². The van der Waals surface area contributed by atoms with E-state index in [1.807, 2.05) is 13.0 Å². The molecule has 4 rings (SSSR count). The van der Waals surface area contributed by atoms with Gasteiger partial charge in [-0.25, -0.2) is 8.42 Å². The number of anilines is 1. The normalized spacial score (nSPS) is 15.6. The second-order valence-corrected chi connectivity index (χ2v) is 10.5. The SMILES string of the molecule is Cc1cccc(S(=O)(=O)N2C[C@H](CCC(=O)O)Oc3ccc(-c4cccc(Cl)c4Cl)cc32)c1. The zero-order chi connectivity index (χ0) is 23.8. The summed E-state index contributed by atoms with van der Waals surface area (Å²) in [6.07, 6.45) is -0.556. The van der Waals surface area contributed by atoms with Crippen LogP contribution in [0.3, 0.4) is 0 Å². The quantitative estimate of drug-likeness (QED) is 0.458. The van der Waals surface area contributed by atoms with Crippen molar-refractivity contribution in [1.29, 1.82) is 0 Å². The van der Waals surface area contributed by atoms with Crippen molar-refractivity contribution in [2.45, 2.75) is 30.8 Å². The summed E-state index contributed by atoms with van der Waals surface area (Å²) in [6.45, 7) is 1.81. The molecule has 9 heteroatoms. The molecule has 1 aliphatic heterocycles. The zero-order valence-corrected chi connectivity index (χ0v) is 20.0. The van der Waals surface area contributed by atoms with Crippen molar-refractivity contribution in [3.8, 4) is 16.9 Å². The number of halogens is 2. The van der Waals surface area contributed by atoms with E-state index >= 15 is 0 Å². The molecule has 0 radical (unpaired) electrons. The molecule has 3 aromatic carbocycles. The van der Waals surface area contributed by atoms with Gasteiger partial charge in [0.15, 0.2) is 0 Å². The van der Waals surface area contributed by atoms with Crippen LogP contribution in [-0.2, 0) is 14.8 Å². The lowest BCUT2D eigenvalue weighted by Gasteiger charge is -2.35. The van der Waals surface area contributed by atoms with Gasteiger partial charge < -0.3 is 9.84 Å². The number of aryl methyl sites for hydroxylation is 1. The Morgan fingerprint density at radius 1 is 1.12 bits per heavy atom. The highest BCUT2D eigenvalue weighted by molar-refractivity contribution is 7.92. The van der Waals surface area contributed by atoms with Crippen LogP contribution in [0.4, 0.5) is 5.69 Å². The summed E-state index contributed by atoms with van der Waals surface area (Å²) < 4.78 is 34.6. The average molecular weight is 506 g/mol. The van der Waals surface area contributed by atoms with Gasteiger partial charge in [-0.3, -0.25) is 9.10 Å². The zero-order valence-electron chi connectivity index (χ0n) is 17.7. The number of fused-ring (bicyclic) bond motifs is 1. The molecule has 1 atom stereocenters. The maximum Gasteiger partial charge on any atom is 0.303 e. The van der Waals surface area contributed by atoms with Gasteiger partial charge in [0.1, 0.15) is 11.9 Å². The maximum absolute atomic E-state index is 13.7. The van der Waals surface area contributed by atoms with Crippen molar-refractivity contribution in [1.82, 2.24) is 0 Å². The molecule has 33 heavy (non-hydrogen) atoms. The summed E-state index contributed by atoms with van der Waals surface area (Å²) in [5.41, 5.74) is 2.51. The van der Waals surface area contributed by atoms with Gasteiger partial charge in [-0.2, -0.15) is 0 Å². The van der Waals surface area contributed by atoms with Gasteiger partial charge >= 0.3 is 5.97 Å². The highest BCUT2D eigenvalue weighted by Gasteiger charge is 2.35. The van der Waals surface area contributed by atoms with Crippen LogP contribution in [0.15, 0.2) is 65.6 Å². The molecule has 1 heterocycles. The third-order valence-electron chi connectivity index (χ3n) is 5.41. The fourth-order valence-corrected chi connectivity index (χ4v) is 5.79. The van der Waals surface area contributed by atoms with Gasteiger partial charge in [0.05, 0.1) is 27.2 Å². The number of carboxylic acids is 1. The lowest BCUT2D eigenvalue weighted by Crippen LogP contribution is -2.43. The van der Waals surface area contributed by atoms with Crippen LogP contribution in [0, 0.1) is 6.92 Å². The highest BCUT2D eigenvalue weighted by Crippen LogP contribution is 2.42. The number of rotatable bonds is 6. The molecule has 0 spiro atoms. The summed E-state index contributed by atoms with van der Waals surface area (Å²) in [5, 5.41) is 9.83. The van der Waals surface area contributed by atoms with Crippen LogP contribution in [0.25, 0.3) is 11.1 Å². The fraction of sp³-hybridized carbons (Fsp3) is 0.208. The number of hydrogen-bond donors (Lipinski definition) is 1. The number of ether oxygens (including phenoxy) is 1. The summed E-state index contributed by atoms with van der Waals surface area (Å²) in [4.78, 5) is 11.2. The van der Waals surface area contributed by atoms with E-state index in [1.54, 1.807) is 54.6 Å². The van der Waals surface area contributed by atoms with Gasteiger partial charge in [0.2, 0.25) is 0 Å². The van der Waals surface area contributed by atoms with E-state index in [0.29, 0.717) is 32.6 Å². The van der Waals surface area contributed by atoms with Crippen molar-refractivity contribution in [2.24, 2.45) is 0 Å². The summed E-state index contributed by atoms with van der Waals surface area (Å²) >= 11 is 12.6. The van der Waals surface area contributed by atoms with Crippen molar-refractivity contribution >= 4 is 44.9 Å². The Bertz CT molecular complexity index is 1330. The van der Waals surface area contributed by atoms with Gasteiger partial charge in [0, 0.05) is 12.0 Å². The molecular formula is C24H21Cl2NO5S. The molecule has 0 amide bonds. The van der Waals surface area contributed by atoms with E-state index in [4.69, 9.17) is 33.0 Å². The Hall–Kier alpha value is -2.74. The molecule has 1 aliphatic rings. The number of carbonyl (C=O) groups is 1. The van der Waals surface area contributed by atoms with Crippen LogP contribution in [0.1, 0.15) is 18.4 Å². The number of nitrogens with zero attached hydrogens (tertiary/aromatic N) is 1. The largest absolute Gasteiger partial charge is 0.486 e. The smallest absolute Gasteiger partial charge is 0.303 e. The number of aliphatic carboxylic acids is 1. The van der Waals surface area contributed by atoms with E-state index in [1.165, 1.54) is 4.31 Å². The second-order valence-electron chi connectivity index (χ2n) is 7.81. The van der Waals surface area contributed by atoms with E-state index in [2.05, 4.69) is 0 Å². The van der Waals surface area contributed by atoms with E-state index in [0.717, 1.165) is 5.56 Å². The number of benzene rings is 3. The predicted molar refractivity (Wildman–Crippen MR) is 129 cm³/mol. The molecule has 6 nitrogen and oxygen atoms in total. The summed E-state index contributed by atoms with van der Waals surface area (Å²) in [5.74, 6) is -0.613. The van der Waals surface area contributed by atoms with Crippen LogP contribution in [0.2, 0.25) is 10.0 Å². The first-order valence-electron chi connectivity index (χ1n) is 10.2. The number of carboxylic acid groups (broad SMARTS) is 1. The van der Waals surface area contributed by atoms with Gasteiger partial charge in [-0.15, -0.1) is 0 Å². The maximum atomic E-state index is 13.7. The molecule has 0 unspecified atom stereocenters. The Morgan fingerprint density at radius 2 is 1.88 bits per heavy atom.